The Bertz CT molecular complexity index is 1100. The number of ether oxygens (including phenoxy) is 3. The highest BCUT2D eigenvalue weighted by atomic mass is 16.6. The molecule has 0 aliphatic rings. The molecule has 0 atom stereocenters. The van der Waals surface area contributed by atoms with E-state index in [9.17, 15) is 9.90 Å². The summed E-state index contributed by atoms with van der Waals surface area (Å²) in [5, 5.41) is 13.7. The Labute approximate surface area is 173 Å². The Morgan fingerprint density at radius 2 is 1.57 bits per heavy atom. The van der Waals surface area contributed by atoms with Crippen LogP contribution in [0.1, 0.15) is 29.5 Å². The second-order valence-corrected chi connectivity index (χ2v) is 6.26. The number of aromatic hydroxyl groups is 1. The molecule has 0 saturated carbocycles. The second-order valence-electron chi connectivity index (χ2n) is 6.26. The molecule has 7 nitrogen and oxygen atoms in total. The van der Waals surface area contributed by atoms with Gasteiger partial charge in [-0.05, 0) is 47.5 Å². The molecule has 3 aromatic rings. The van der Waals surface area contributed by atoms with Gasteiger partial charge >= 0.3 is 5.97 Å². The van der Waals surface area contributed by atoms with Gasteiger partial charge in [0, 0.05) is 13.0 Å². The topological polar surface area (TPSA) is 91.0 Å². The minimum absolute atomic E-state index is 0.0826. The second kappa shape index (κ2) is 9.47. The number of methoxy groups -OCH3 is 2. The standard InChI is InChI=1S/C23H21NO6/c1-15(25)29-21-11-7-16(13-23(21)28-3)4-8-18-14-19(30-24-18)9-5-17-6-10-20(26)22(12-17)27-2/h4-14,26H,1-3H3/b8-4+,9-5+. The van der Waals surface area contributed by atoms with Crippen molar-refractivity contribution in [2.24, 2.45) is 0 Å². The molecule has 154 valence electrons. The molecular weight excluding hydrogens is 386 g/mol. The van der Waals surface area contributed by atoms with Crippen molar-refractivity contribution in [2.45, 2.75) is 6.92 Å². The molecule has 1 aromatic heterocycles. The predicted octanol–water partition coefficient (Wildman–Crippen LogP) is 4.66. The van der Waals surface area contributed by atoms with Crippen molar-refractivity contribution in [3.63, 3.8) is 0 Å². The average molecular weight is 407 g/mol. The smallest absolute Gasteiger partial charge is 0.308 e. The van der Waals surface area contributed by atoms with Gasteiger partial charge in [-0.1, -0.05) is 29.4 Å². The monoisotopic (exact) mass is 407 g/mol. The van der Waals surface area contributed by atoms with Crippen molar-refractivity contribution in [1.29, 1.82) is 0 Å². The van der Waals surface area contributed by atoms with Crippen molar-refractivity contribution < 1.29 is 28.6 Å². The molecule has 1 heterocycles. The normalized spacial score (nSPS) is 11.2. The Hall–Kier alpha value is -4.00. The number of benzene rings is 2. The van der Waals surface area contributed by atoms with E-state index in [0.717, 1.165) is 11.1 Å². The summed E-state index contributed by atoms with van der Waals surface area (Å²) in [6.07, 6.45) is 7.24. The van der Waals surface area contributed by atoms with Crippen molar-refractivity contribution in [3.05, 3.63) is 65.0 Å². The maximum Gasteiger partial charge on any atom is 0.308 e. The van der Waals surface area contributed by atoms with Gasteiger partial charge in [-0.2, -0.15) is 0 Å². The maximum absolute atomic E-state index is 11.1. The third-order valence-electron chi connectivity index (χ3n) is 4.08. The minimum atomic E-state index is -0.412. The summed E-state index contributed by atoms with van der Waals surface area (Å²) >= 11 is 0. The van der Waals surface area contributed by atoms with Crippen LogP contribution in [0.2, 0.25) is 0 Å². The molecule has 0 spiro atoms. The molecule has 3 rings (SSSR count). The highest BCUT2D eigenvalue weighted by Crippen LogP contribution is 2.29. The first-order chi connectivity index (χ1) is 14.5. The van der Waals surface area contributed by atoms with Crippen LogP contribution in [-0.2, 0) is 4.79 Å². The van der Waals surface area contributed by atoms with Gasteiger partial charge in [-0.3, -0.25) is 4.79 Å². The third kappa shape index (κ3) is 5.29. The largest absolute Gasteiger partial charge is 0.504 e. The van der Waals surface area contributed by atoms with Crippen LogP contribution in [0.15, 0.2) is 47.0 Å². The SMILES string of the molecule is COc1cc(/C=C/c2cc(/C=C/c3ccc(OC(C)=O)c(OC)c3)no2)ccc1O. The van der Waals surface area contributed by atoms with Gasteiger partial charge in [0.15, 0.2) is 28.8 Å². The van der Waals surface area contributed by atoms with E-state index < -0.39 is 5.97 Å². The number of esters is 1. The fourth-order valence-electron chi connectivity index (χ4n) is 2.65. The Kier molecular flexibility index (Phi) is 6.54. The zero-order chi connectivity index (χ0) is 21.5. The molecule has 0 unspecified atom stereocenters. The lowest BCUT2D eigenvalue weighted by Crippen LogP contribution is -2.02. The summed E-state index contributed by atoms with van der Waals surface area (Å²) in [6.45, 7) is 1.34. The lowest BCUT2D eigenvalue weighted by atomic mass is 10.1. The Balaban J connectivity index is 1.70. The van der Waals surface area contributed by atoms with Gasteiger partial charge in [-0.15, -0.1) is 0 Å². The molecule has 2 aromatic carbocycles. The summed E-state index contributed by atoms with van der Waals surface area (Å²) < 4.78 is 20.8. The first-order valence-corrected chi connectivity index (χ1v) is 9.05. The zero-order valence-electron chi connectivity index (χ0n) is 16.8. The fraction of sp³-hybridized carbons (Fsp3) is 0.130. The summed E-state index contributed by atoms with van der Waals surface area (Å²) in [4.78, 5) is 11.1. The van der Waals surface area contributed by atoms with Crippen LogP contribution in [0.5, 0.6) is 23.0 Å². The average Bonchev–Trinajstić information content (AvgIpc) is 3.20. The van der Waals surface area contributed by atoms with Crippen LogP contribution in [-0.4, -0.2) is 30.5 Å². The van der Waals surface area contributed by atoms with Crippen LogP contribution in [0.4, 0.5) is 0 Å². The molecule has 0 fully saturated rings. The van der Waals surface area contributed by atoms with Crippen LogP contribution in [0.25, 0.3) is 24.3 Å². The number of phenols is 1. The lowest BCUT2D eigenvalue weighted by molar-refractivity contribution is -0.132. The molecular formula is C23H21NO6. The summed E-state index contributed by atoms with van der Waals surface area (Å²) in [5.74, 6) is 1.46. The zero-order valence-corrected chi connectivity index (χ0v) is 16.8. The number of rotatable bonds is 7. The highest BCUT2D eigenvalue weighted by molar-refractivity contribution is 5.74. The van der Waals surface area contributed by atoms with Gasteiger partial charge in [0.1, 0.15) is 5.69 Å². The van der Waals surface area contributed by atoms with Crippen LogP contribution < -0.4 is 14.2 Å². The molecule has 0 aliphatic heterocycles. The number of hydrogen-bond donors (Lipinski definition) is 1. The molecule has 0 saturated heterocycles. The molecule has 0 aliphatic carbocycles. The van der Waals surface area contributed by atoms with Gasteiger partial charge in [0.25, 0.3) is 0 Å². The molecule has 0 radical (unpaired) electrons. The number of nitrogens with zero attached hydrogens (tertiary/aromatic N) is 1. The Morgan fingerprint density at radius 1 is 0.900 bits per heavy atom. The summed E-state index contributed by atoms with van der Waals surface area (Å²) in [7, 11) is 3.01. The third-order valence-corrected chi connectivity index (χ3v) is 4.08. The Morgan fingerprint density at radius 3 is 2.27 bits per heavy atom. The van der Waals surface area contributed by atoms with Crippen molar-refractivity contribution in [1.82, 2.24) is 5.16 Å². The quantitative estimate of drug-likeness (QED) is 0.450. The van der Waals surface area contributed by atoms with Crippen LogP contribution in [0, 0.1) is 0 Å². The van der Waals surface area contributed by atoms with Crippen molar-refractivity contribution in [3.8, 4) is 23.0 Å². The van der Waals surface area contributed by atoms with Crippen LogP contribution in [0.3, 0.4) is 0 Å². The van der Waals surface area contributed by atoms with E-state index in [4.69, 9.17) is 18.7 Å². The van der Waals surface area contributed by atoms with Gasteiger partial charge in [-0.25, -0.2) is 0 Å². The van der Waals surface area contributed by atoms with E-state index in [1.807, 2.05) is 12.2 Å². The molecule has 0 bridgehead atoms. The van der Waals surface area contributed by atoms with Gasteiger partial charge < -0.3 is 23.8 Å². The number of carbonyl (C=O) groups excluding carboxylic acids is 1. The van der Waals surface area contributed by atoms with E-state index in [1.165, 1.54) is 21.1 Å². The predicted molar refractivity (Wildman–Crippen MR) is 113 cm³/mol. The number of carbonyl (C=O) groups is 1. The molecule has 30 heavy (non-hydrogen) atoms. The fourth-order valence-corrected chi connectivity index (χ4v) is 2.65. The van der Waals surface area contributed by atoms with E-state index >= 15 is 0 Å². The van der Waals surface area contributed by atoms with Gasteiger partial charge in [0.2, 0.25) is 0 Å². The number of aromatic nitrogens is 1. The van der Waals surface area contributed by atoms with E-state index in [2.05, 4.69) is 5.16 Å². The number of phenolic OH excluding ortho intramolecular Hbond substituents is 1. The molecule has 0 amide bonds. The first kappa shape index (κ1) is 20.7. The van der Waals surface area contributed by atoms with Crippen LogP contribution >= 0.6 is 0 Å². The van der Waals surface area contributed by atoms with E-state index in [-0.39, 0.29) is 5.75 Å². The molecule has 7 heteroatoms. The van der Waals surface area contributed by atoms with Gasteiger partial charge in [0.05, 0.1) is 14.2 Å². The lowest BCUT2D eigenvalue weighted by Gasteiger charge is -2.08. The highest BCUT2D eigenvalue weighted by Gasteiger charge is 2.07. The summed E-state index contributed by atoms with van der Waals surface area (Å²) in [5.41, 5.74) is 2.33. The number of hydrogen-bond acceptors (Lipinski definition) is 7. The van der Waals surface area contributed by atoms with Crippen molar-refractivity contribution >= 4 is 30.3 Å². The summed E-state index contributed by atoms with van der Waals surface area (Å²) in [6, 6.07) is 12.1. The maximum atomic E-state index is 11.1. The van der Waals surface area contributed by atoms with Crippen molar-refractivity contribution in [2.75, 3.05) is 14.2 Å². The van der Waals surface area contributed by atoms with E-state index in [0.29, 0.717) is 28.7 Å². The van der Waals surface area contributed by atoms with E-state index in [1.54, 1.807) is 54.6 Å². The first-order valence-electron chi connectivity index (χ1n) is 9.05. The molecule has 1 N–H and O–H groups in total. The minimum Gasteiger partial charge on any atom is -0.504 e.